The van der Waals surface area contributed by atoms with Gasteiger partial charge in [0, 0.05) is 29.0 Å². The number of nitrogens with zero attached hydrogens (tertiary/aromatic N) is 1. The lowest BCUT2D eigenvalue weighted by atomic mass is 10.1. The molecule has 0 atom stereocenters. The molecule has 0 aliphatic rings. The summed E-state index contributed by atoms with van der Waals surface area (Å²) < 4.78 is 26.2. The van der Waals surface area contributed by atoms with Crippen molar-refractivity contribution in [2.45, 2.75) is 19.3 Å². The molecule has 5 nitrogen and oxygen atoms in total. The van der Waals surface area contributed by atoms with Crippen molar-refractivity contribution in [1.82, 2.24) is 5.32 Å². The van der Waals surface area contributed by atoms with Crippen LogP contribution in [0.5, 0.6) is 0 Å². The number of para-hydroxylation sites is 1. The van der Waals surface area contributed by atoms with Crippen LogP contribution in [-0.2, 0) is 21.2 Å². The summed E-state index contributed by atoms with van der Waals surface area (Å²) in [4.78, 5) is 12.0. The van der Waals surface area contributed by atoms with E-state index in [9.17, 15) is 13.2 Å². The number of carbonyl (C=O) groups excluding carboxylic acids is 1. The van der Waals surface area contributed by atoms with Crippen LogP contribution in [0.15, 0.2) is 53.0 Å². The van der Waals surface area contributed by atoms with E-state index >= 15 is 0 Å². The minimum absolute atomic E-state index is 0.0930. The number of anilines is 1. The fourth-order valence-electron chi connectivity index (χ4n) is 2.59. The maximum Gasteiger partial charge on any atom is 0.232 e. The molecule has 8 heteroatoms. The van der Waals surface area contributed by atoms with Crippen molar-refractivity contribution < 1.29 is 13.2 Å². The van der Waals surface area contributed by atoms with Crippen LogP contribution in [0.1, 0.15) is 18.4 Å². The molecule has 1 N–H and O–H groups in total. The summed E-state index contributed by atoms with van der Waals surface area (Å²) in [6.07, 6.45) is 2.58. The predicted molar refractivity (Wildman–Crippen MR) is 114 cm³/mol. The van der Waals surface area contributed by atoms with Crippen molar-refractivity contribution in [3.8, 4) is 0 Å². The average Bonchev–Trinajstić information content (AvgIpc) is 2.60. The first kappa shape index (κ1) is 21.7. The molecule has 2 aromatic carbocycles. The highest BCUT2D eigenvalue weighted by atomic mass is 79.9. The van der Waals surface area contributed by atoms with Gasteiger partial charge >= 0.3 is 0 Å². The minimum Gasteiger partial charge on any atom is -0.356 e. The Hall–Kier alpha value is -1.57. The summed E-state index contributed by atoms with van der Waals surface area (Å²) >= 11 is 9.22. The molecule has 0 spiro atoms. The molecule has 2 aromatic rings. The third-order valence-electron chi connectivity index (χ3n) is 3.94. The van der Waals surface area contributed by atoms with Crippen LogP contribution in [0.3, 0.4) is 0 Å². The Labute approximate surface area is 173 Å². The summed E-state index contributed by atoms with van der Waals surface area (Å²) in [5, 5.41) is 3.54. The number of sulfonamides is 1. The maximum atomic E-state index is 12.1. The van der Waals surface area contributed by atoms with Gasteiger partial charge in [-0.15, -0.1) is 0 Å². The van der Waals surface area contributed by atoms with Crippen LogP contribution in [0.2, 0.25) is 5.02 Å². The molecule has 0 saturated heterocycles. The summed E-state index contributed by atoms with van der Waals surface area (Å²) in [6, 6.07) is 14.6. The van der Waals surface area contributed by atoms with Crippen LogP contribution in [0, 0.1) is 0 Å². The molecule has 0 aliphatic heterocycles. The molecular formula is C19H22BrClN2O3S. The molecular weight excluding hydrogens is 452 g/mol. The first-order chi connectivity index (χ1) is 12.8. The molecule has 0 heterocycles. The van der Waals surface area contributed by atoms with Crippen molar-refractivity contribution in [2.24, 2.45) is 0 Å². The van der Waals surface area contributed by atoms with Crippen molar-refractivity contribution in [1.29, 1.82) is 0 Å². The minimum atomic E-state index is -3.43. The second kappa shape index (κ2) is 10.1. The zero-order valence-corrected chi connectivity index (χ0v) is 18.1. The Morgan fingerprint density at radius 1 is 1.15 bits per heavy atom. The summed E-state index contributed by atoms with van der Waals surface area (Å²) in [6.45, 7) is 0.770. The molecule has 2 rings (SSSR count). The van der Waals surface area contributed by atoms with E-state index in [0.717, 1.165) is 12.0 Å². The number of hydrogen-bond acceptors (Lipinski definition) is 3. The van der Waals surface area contributed by atoms with Gasteiger partial charge in [-0.1, -0.05) is 35.9 Å². The van der Waals surface area contributed by atoms with E-state index < -0.39 is 10.0 Å². The number of halogens is 2. The molecule has 0 bridgehead atoms. The first-order valence-corrected chi connectivity index (χ1v) is 11.5. The molecule has 0 aromatic heterocycles. The van der Waals surface area contributed by atoms with E-state index in [4.69, 9.17) is 11.6 Å². The number of amides is 1. The average molecular weight is 474 g/mol. The van der Waals surface area contributed by atoms with Crippen LogP contribution in [-0.4, -0.2) is 33.7 Å². The summed E-state index contributed by atoms with van der Waals surface area (Å²) in [5.41, 5.74) is 1.67. The lowest BCUT2D eigenvalue weighted by molar-refractivity contribution is -0.121. The first-order valence-electron chi connectivity index (χ1n) is 8.51. The highest BCUT2D eigenvalue weighted by Crippen LogP contribution is 2.27. The van der Waals surface area contributed by atoms with Gasteiger partial charge in [-0.05, 0) is 58.6 Å². The highest BCUT2D eigenvalue weighted by molar-refractivity contribution is 9.10. The number of carbonyl (C=O) groups is 1. The fraction of sp³-hybridized carbons (Fsp3) is 0.316. The third kappa shape index (κ3) is 7.16. The van der Waals surface area contributed by atoms with Crippen LogP contribution >= 0.6 is 27.5 Å². The largest absolute Gasteiger partial charge is 0.356 e. The van der Waals surface area contributed by atoms with E-state index in [-0.39, 0.29) is 18.9 Å². The van der Waals surface area contributed by atoms with Crippen molar-refractivity contribution >= 4 is 49.1 Å². The molecule has 1 amide bonds. The van der Waals surface area contributed by atoms with Gasteiger partial charge < -0.3 is 5.32 Å². The number of hydrogen-bond donors (Lipinski definition) is 1. The molecule has 27 heavy (non-hydrogen) atoms. The quantitative estimate of drug-likeness (QED) is 0.598. The molecule has 0 radical (unpaired) electrons. The fourth-order valence-corrected chi connectivity index (χ4v) is 4.31. The number of rotatable bonds is 9. The topological polar surface area (TPSA) is 66.5 Å². The van der Waals surface area contributed by atoms with Gasteiger partial charge in [0.25, 0.3) is 0 Å². The summed E-state index contributed by atoms with van der Waals surface area (Å²) in [5.74, 6) is -0.0930. The Morgan fingerprint density at radius 2 is 1.81 bits per heavy atom. The molecule has 0 fully saturated rings. The second-order valence-corrected chi connectivity index (χ2v) is 9.31. The lowest BCUT2D eigenvalue weighted by Crippen LogP contribution is -2.32. The number of nitrogens with one attached hydrogen (secondary N) is 1. The van der Waals surface area contributed by atoms with Gasteiger partial charge in [0.2, 0.25) is 15.9 Å². The highest BCUT2D eigenvalue weighted by Gasteiger charge is 2.19. The SMILES string of the molecule is CS(=O)(=O)N(CCCC(=O)NCCc1ccc(Cl)cc1)c1ccccc1Br. The normalized spacial score (nSPS) is 11.2. The second-order valence-electron chi connectivity index (χ2n) is 6.12. The molecule has 0 unspecified atom stereocenters. The van der Waals surface area contributed by atoms with Gasteiger partial charge in [-0.2, -0.15) is 0 Å². The van der Waals surface area contributed by atoms with Crippen molar-refractivity contribution in [3.05, 3.63) is 63.6 Å². The van der Waals surface area contributed by atoms with Gasteiger partial charge in [-0.3, -0.25) is 9.10 Å². The van der Waals surface area contributed by atoms with E-state index in [1.165, 1.54) is 10.6 Å². The standard InChI is InChI=1S/C19H22BrClN2O3S/c1-27(25,26)23(18-6-3-2-5-17(18)20)14-4-7-19(24)22-13-12-15-8-10-16(21)11-9-15/h2-3,5-6,8-11H,4,7,12-14H2,1H3,(H,22,24). The Balaban J connectivity index is 1.81. The molecule has 0 aliphatic carbocycles. The van der Waals surface area contributed by atoms with Crippen LogP contribution in [0.25, 0.3) is 0 Å². The lowest BCUT2D eigenvalue weighted by Gasteiger charge is -2.23. The van der Waals surface area contributed by atoms with Crippen LogP contribution in [0.4, 0.5) is 5.69 Å². The van der Waals surface area contributed by atoms with Crippen molar-refractivity contribution in [3.63, 3.8) is 0 Å². The van der Waals surface area contributed by atoms with Crippen LogP contribution < -0.4 is 9.62 Å². The summed E-state index contributed by atoms with van der Waals surface area (Å²) in [7, 11) is -3.43. The van der Waals surface area contributed by atoms with E-state index in [1.807, 2.05) is 30.3 Å². The Kier molecular flexibility index (Phi) is 8.13. The Morgan fingerprint density at radius 3 is 2.44 bits per heavy atom. The van der Waals surface area contributed by atoms with Crippen molar-refractivity contribution in [2.75, 3.05) is 23.7 Å². The molecule has 0 saturated carbocycles. The van der Waals surface area contributed by atoms with Gasteiger partial charge in [0.1, 0.15) is 0 Å². The van der Waals surface area contributed by atoms with Gasteiger partial charge in [0.05, 0.1) is 11.9 Å². The van der Waals surface area contributed by atoms with Gasteiger partial charge in [0.15, 0.2) is 0 Å². The van der Waals surface area contributed by atoms with Gasteiger partial charge in [-0.25, -0.2) is 8.42 Å². The monoisotopic (exact) mass is 472 g/mol. The third-order valence-corrected chi connectivity index (χ3v) is 6.04. The zero-order chi connectivity index (χ0) is 19.9. The zero-order valence-electron chi connectivity index (χ0n) is 15.0. The van der Waals surface area contributed by atoms with E-state index in [1.54, 1.807) is 18.2 Å². The molecule has 146 valence electrons. The maximum absolute atomic E-state index is 12.1. The smallest absolute Gasteiger partial charge is 0.232 e. The number of benzene rings is 2. The van der Waals surface area contributed by atoms with E-state index in [0.29, 0.717) is 28.1 Å². The predicted octanol–water partition coefficient (Wildman–Crippen LogP) is 4.01. The van der Waals surface area contributed by atoms with E-state index in [2.05, 4.69) is 21.2 Å². The Bertz CT molecular complexity index is 873.